The molecule has 2 heterocycles. The van der Waals surface area contributed by atoms with E-state index in [-0.39, 0.29) is 0 Å². The normalized spacial score (nSPS) is 44.4. The number of carbonyl (C=O) groups excluding carboxylic acids is 1. The van der Waals surface area contributed by atoms with Crippen LogP contribution in [0, 0.1) is 0 Å². The highest BCUT2D eigenvalue weighted by molar-refractivity contribution is 5.72. The van der Waals surface area contributed by atoms with Gasteiger partial charge in [0.1, 0.15) is 24.9 Å². The quantitative estimate of drug-likeness (QED) is 0.514. The summed E-state index contributed by atoms with van der Waals surface area (Å²) in [4.78, 5) is 12.3. The molecular formula is C8H12FNO5. The number of ether oxygens (including phenoxy) is 1. The Bertz CT molecular complexity index is 276. The first kappa shape index (κ1) is 10.6. The van der Waals surface area contributed by atoms with Crippen molar-refractivity contribution in [1.29, 1.82) is 0 Å². The largest absolute Gasteiger partial charge is 0.441 e. The van der Waals surface area contributed by atoms with Crippen molar-refractivity contribution >= 4 is 6.09 Å². The fourth-order valence-electron chi connectivity index (χ4n) is 2.21. The second-order valence-corrected chi connectivity index (χ2v) is 3.71. The van der Waals surface area contributed by atoms with E-state index in [1.165, 1.54) is 0 Å². The molecule has 0 bridgehead atoms. The third-order valence-electron chi connectivity index (χ3n) is 2.96. The SMILES string of the molecule is O=C1O[C@H](CF)[C@H]2[C@H](O)[C@@H](O)[C@H](CO)N12. The molecule has 7 heteroatoms. The number of hydrogen-bond acceptors (Lipinski definition) is 5. The lowest BCUT2D eigenvalue weighted by Gasteiger charge is -2.20. The van der Waals surface area contributed by atoms with Crippen molar-refractivity contribution in [3.8, 4) is 0 Å². The molecule has 2 saturated heterocycles. The second kappa shape index (κ2) is 3.58. The molecule has 2 aliphatic rings. The van der Waals surface area contributed by atoms with Crippen LogP contribution in [-0.2, 0) is 4.74 Å². The van der Waals surface area contributed by atoms with Crippen LogP contribution < -0.4 is 0 Å². The van der Waals surface area contributed by atoms with Crippen LogP contribution in [0.2, 0.25) is 0 Å². The van der Waals surface area contributed by atoms with E-state index in [0.717, 1.165) is 4.90 Å². The van der Waals surface area contributed by atoms with Crippen molar-refractivity contribution in [3.63, 3.8) is 0 Å². The summed E-state index contributed by atoms with van der Waals surface area (Å²) in [6.45, 7) is -1.42. The number of rotatable bonds is 2. The molecule has 0 aromatic carbocycles. The molecule has 1 amide bonds. The van der Waals surface area contributed by atoms with Crippen LogP contribution >= 0.6 is 0 Å². The zero-order chi connectivity index (χ0) is 11.2. The molecule has 15 heavy (non-hydrogen) atoms. The molecule has 2 rings (SSSR count). The van der Waals surface area contributed by atoms with Gasteiger partial charge in [0.05, 0.1) is 12.6 Å². The van der Waals surface area contributed by atoms with Crippen LogP contribution in [0.3, 0.4) is 0 Å². The van der Waals surface area contributed by atoms with Gasteiger partial charge in [0.25, 0.3) is 0 Å². The third kappa shape index (κ3) is 1.30. The Morgan fingerprint density at radius 2 is 2.07 bits per heavy atom. The van der Waals surface area contributed by atoms with Gasteiger partial charge in [0, 0.05) is 0 Å². The molecule has 0 saturated carbocycles. The molecule has 86 valence electrons. The zero-order valence-electron chi connectivity index (χ0n) is 7.78. The topological polar surface area (TPSA) is 90.2 Å². The summed E-state index contributed by atoms with van der Waals surface area (Å²) in [5.74, 6) is 0. The maximum Gasteiger partial charge on any atom is 0.411 e. The minimum absolute atomic E-state index is 0.497. The molecule has 0 aliphatic carbocycles. The third-order valence-corrected chi connectivity index (χ3v) is 2.96. The van der Waals surface area contributed by atoms with Gasteiger partial charge in [-0.1, -0.05) is 0 Å². The van der Waals surface area contributed by atoms with Gasteiger partial charge < -0.3 is 20.1 Å². The average molecular weight is 221 g/mol. The van der Waals surface area contributed by atoms with Crippen molar-refractivity contribution in [2.24, 2.45) is 0 Å². The van der Waals surface area contributed by atoms with Crippen molar-refractivity contribution in [2.75, 3.05) is 13.3 Å². The fraction of sp³-hybridized carbons (Fsp3) is 0.875. The van der Waals surface area contributed by atoms with Crippen molar-refractivity contribution < 1.29 is 29.2 Å². The summed E-state index contributed by atoms with van der Waals surface area (Å²) in [7, 11) is 0. The number of nitrogens with zero attached hydrogens (tertiary/aromatic N) is 1. The first-order valence-corrected chi connectivity index (χ1v) is 4.63. The standard InChI is InChI=1S/C8H12FNO5/c9-1-4-5-7(13)6(12)3(2-11)10(5)8(14)15-4/h3-7,11-13H,1-2H2/t3-,4+,5-,6-,7-/m0/s1. The smallest absolute Gasteiger partial charge is 0.411 e. The van der Waals surface area contributed by atoms with Crippen LogP contribution in [0.15, 0.2) is 0 Å². The Morgan fingerprint density at radius 1 is 1.40 bits per heavy atom. The summed E-state index contributed by atoms with van der Waals surface area (Å²) < 4.78 is 17.1. The van der Waals surface area contributed by atoms with Crippen LogP contribution in [0.25, 0.3) is 0 Å². The van der Waals surface area contributed by atoms with E-state index in [9.17, 15) is 19.4 Å². The maximum absolute atomic E-state index is 12.5. The summed E-state index contributed by atoms with van der Waals surface area (Å²) in [6.07, 6.45) is -4.42. The van der Waals surface area contributed by atoms with Gasteiger partial charge in [-0.25, -0.2) is 9.18 Å². The Morgan fingerprint density at radius 3 is 2.60 bits per heavy atom. The first-order chi connectivity index (χ1) is 7.11. The zero-order valence-corrected chi connectivity index (χ0v) is 7.78. The minimum atomic E-state index is -1.28. The van der Waals surface area contributed by atoms with Gasteiger partial charge >= 0.3 is 6.09 Å². The van der Waals surface area contributed by atoms with E-state index in [1.54, 1.807) is 0 Å². The van der Waals surface area contributed by atoms with Gasteiger partial charge in [0.2, 0.25) is 0 Å². The van der Waals surface area contributed by atoms with E-state index in [1.807, 2.05) is 0 Å². The molecule has 3 N–H and O–H groups in total. The average Bonchev–Trinajstić information content (AvgIpc) is 2.67. The van der Waals surface area contributed by atoms with Crippen LogP contribution in [0.4, 0.5) is 9.18 Å². The highest BCUT2D eigenvalue weighted by Gasteiger charge is 2.58. The maximum atomic E-state index is 12.5. The van der Waals surface area contributed by atoms with E-state index in [2.05, 4.69) is 4.74 Å². The minimum Gasteiger partial charge on any atom is -0.441 e. The predicted octanol–water partition coefficient (Wildman–Crippen LogP) is -1.76. The van der Waals surface area contributed by atoms with Crippen molar-refractivity contribution in [1.82, 2.24) is 4.90 Å². The van der Waals surface area contributed by atoms with Gasteiger partial charge in [-0.3, -0.25) is 4.90 Å². The molecule has 5 atom stereocenters. The summed E-state index contributed by atoms with van der Waals surface area (Å²) in [5, 5.41) is 28.1. The Kier molecular flexibility index (Phi) is 2.53. The Hall–Kier alpha value is -0.920. The highest BCUT2D eigenvalue weighted by Crippen LogP contribution is 2.34. The van der Waals surface area contributed by atoms with E-state index in [0.29, 0.717) is 0 Å². The summed E-state index contributed by atoms with van der Waals surface area (Å²) in [6, 6.07) is -1.83. The molecule has 0 aromatic heterocycles. The first-order valence-electron chi connectivity index (χ1n) is 4.63. The fourth-order valence-corrected chi connectivity index (χ4v) is 2.21. The monoisotopic (exact) mass is 221 g/mol. The predicted molar refractivity (Wildman–Crippen MR) is 44.8 cm³/mol. The van der Waals surface area contributed by atoms with Gasteiger partial charge in [-0.05, 0) is 0 Å². The van der Waals surface area contributed by atoms with Crippen molar-refractivity contribution in [2.45, 2.75) is 30.4 Å². The second-order valence-electron chi connectivity index (χ2n) is 3.71. The Balaban J connectivity index is 2.28. The number of aliphatic hydroxyl groups is 3. The lowest BCUT2D eigenvalue weighted by atomic mass is 10.0. The highest BCUT2D eigenvalue weighted by atomic mass is 19.1. The van der Waals surface area contributed by atoms with Gasteiger partial charge in [-0.2, -0.15) is 0 Å². The number of carbonyl (C=O) groups is 1. The van der Waals surface area contributed by atoms with Crippen LogP contribution in [0.1, 0.15) is 0 Å². The van der Waals surface area contributed by atoms with Crippen LogP contribution in [0.5, 0.6) is 0 Å². The Labute approximate surface area is 84.9 Å². The molecular weight excluding hydrogens is 209 g/mol. The molecule has 0 spiro atoms. The number of halogens is 1. The number of fused-ring (bicyclic) bond motifs is 1. The van der Waals surface area contributed by atoms with Crippen molar-refractivity contribution in [3.05, 3.63) is 0 Å². The number of alkyl halides is 1. The number of aliphatic hydroxyl groups excluding tert-OH is 3. The summed E-state index contributed by atoms with van der Waals surface area (Å²) >= 11 is 0. The molecule has 6 nitrogen and oxygen atoms in total. The molecule has 0 radical (unpaired) electrons. The van der Waals surface area contributed by atoms with E-state index in [4.69, 9.17) is 5.11 Å². The molecule has 0 aromatic rings. The van der Waals surface area contributed by atoms with Gasteiger partial charge in [-0.15, -0.1) is 0 Å². The number of cyclic esters (lactones) is 1. The van der Waals surface area contributed by atoms with Crippen LogP contribution in [-0.4, -0.2) is 70.0 Å². The lowest BCUT2D eigenvalue weighted by Crippen LogP contribution is -2.41. The van der Waals surface area contributed by atoms with E-state index >= 15 is 0 Å². The molecule has 2 aliphatic heterocycles. The summed E-state index contributed by atoms with van der Waals surface area (Å²) in [5.41, 5.74) is 0. The van der Waals surface area contributed by atoms with E-state index < -0.39 is 49.8 Å². The molecule has 2 fully saturated rings. The van der Waals surface area contributed by atoms with Gasteiger partial charge in [0.15, 0.2) is 6.10 Å². The molecule has 0 unspecified atom stereocenters. The number of hydrogen-bond donors (Lipinski definition) is 3. The number of amides is 1. The lowest BCUT2D eigenvalue weighted by molar-refractivity contribution is -0.00613.